The lowest BCUT2D eigenvalue weighted by molar-refractivity contribution is -0.141. The summed E-state index contributed by atoms with van der Waals surface area (Å²) in [5, 5.41) is 36.9. The average molecular weight is 1080 g/mol. The number of aliphatic hydroxyl groups excluding tert-OH is 1. The number of aromatic nitrogens is 6. The van der Waals surface area contributed by atoms with E-state index in [1.54, 1.807) is 35.7 Å². The topological polar surface area (TPSA) is 241 Å². The molecule has 1 aliphatic carbocycles. The summed E-state index contributed by atoms with van der Waals surface area (Å²) in [6.45, 7) is 9.66. The number of aryl methyl sites for hydroxylation is 2. The Morgan fingerprint density at radius 3 is 2.40 bits per heavy atom. The lowest BCUT2D eigenvalue weighted by atomic mass is 9.91. The van der Waals surface area contributed by atoms with Crippen molar-refractivity contribution in [1.82, 2.24) is 40.5 Å². The van der Waals surface area contributed by atoms with Crippen LogP contribution in [-0.4, -0.2) is 120 Å². The van der Waals surface area contributed by atoms with Gasteiger partial charge in [0.2, 0.25) is 17.7 Å². The summed E-state index contributed by atoms with van der Waals surface area (Å²) in [4.78, 5) is 48.9. The Bertz CT molecular complexity index is 3210. The highest BCUT2D eigenvalue weighted by Crippen LogP contribution is 2.41. The number of aromatic hydroxyl groups is 1. The number of rotatable bonds is 19. The molecular formula is C58H65N11O8S. The molecule has 2 aromatic carbocycles. The van der Waals surface area contributed by atoms with Gasteiger partial charge in [-0.2, -0.15) is 0 Å². The predicted molar refractivity (Wildman–Crippen MR) is 294 cm³/mol. The molecule has 3 saturated heterocycles. The SMILES string of the molecule is Cc1ncsc1-c1ccc([C@H](C)NC(=O)[C@@H]2C[C@@H](O)CN2C(=O)[C@@H](c2cc(OCCCc3ccc(OC4CC(Oc5cc(N6C7CC[C@@H]6CN(c6cc(-c8ccccc8O)nnc6N)C7)ccn5)C4)cn3)no2)C(C)C)cc1. The van der Waals surface area contributed by atoms with Crippen molar-refractivity contribution in [3.05, 3.63) is 126 Å². The van der Waals surface area contributed by atoms with Gasteiger partial charge in [0.1, 0.15) is 35.7 Å². The third-order valence-electron chi connectivity index (χ3n) is 15.5. The number of hydrogen-bond acceptors (Lipinski definition) is 18. The number of likely N-dealkylation sites (tertiary alicyclic amines) is 1. The van der Waals surface area contributed by atoms with Crippen LogP contribution in [0.3, 0.4) is 0 Å². The number of nitrogen functional groups attached to an aromatic ring is 1. The number of para-hydroxylation sites is 1. The maximum atomic E-state index is 14.2. The van der Waals surface area contributed by atoms with Gasteiger partial charge in [-0.3, -0.25) is 14.6 Å². The summed E-state index contributed by atoms with van der Waals surface area (Å²) >= 11 is 1.59. The number of thiazole rings is 1. The highest BCUT2D eigenvalue weighted by molar-refractivity contribution is 7.13. The molecule has 1 saturated carbocycles. The van der Waals surface area contributed by atoms with Crippen LogP contribution in [0, 0.1) is 12.8 Å². The molecule has 7 aromatic rings. The van der Waals surface area contributed by atoms with E-state index in [1.807, 2.05) is 100 Å². The number of benzene rings is 2. The van der Waals surface area contributed by atoms with E-state index >= 15 is 0 Å². The largest absolute Gasteiger partial charge is 0.507 e. The molecule has 0 spiro atoms. The quantitative estimate of drug-likeness (QED) is 0.0560. The zero-order valence-corrected chi connectivity index (χ0v) is 45.0. The molecule has 5 aromatic heterocycles. The highest BCUT2D eigenvalue weighted by Gasteiger charge is 2.44. The van der Waals surface area contributed by atoms with Crippen LogP contribution in [0.5, 0.6) is 23.3 Å². The fourth-order valence-electron chi connectivity index (χ4n) is 11.3. The van der Waals surface area contributed by atoms with E-state index < -0.39 is 18.1 Å². The number of amides is 2. The van der Waals surface area contributed by atoms with Crippen LogP contribution in [-0.2, 0) is 16.0 Å². The van der Waals surface area contributed by atoms with Gasteiger partial charge in [-0.1, -0.05) is 50.2 Å². The number of phenolic OH excluding ortho intramolecular Hbond substituents is 1. The van der Waals surface area contributed by atoms with Gasteiger partial charge in [-0.15, -0.1) is 21.5 Å². The average Bonchev–Trinajstić information content (AvgIpc) is 4.28. The van der Waals surface area contributed by atoms with Crippen molar-refractivity contribution in [1.29, 1.82) is 0 Å². The van der Waals surface area contributed by atoms with Crippen LogP contribution in [0.4, 0.5) is 17.2 Å². The van der Waals surface area contributed by atoms with E-state index in [2.05, 4.69) is 51.5 Å². The van der Waals surface area contributed by atoms with Crippen LogP contribution in [0.25, 0.3) is 21.7 Å². The van der Waals surface area contributed by atoms with Crippen molar-refractivity contribution in [2.45, 2.75) is 121 Å². The van der Waals surface area contributed by atoms with Gasteiger partial charge in [-0.25, -0.2) is 9.97 Å². The van der Waals surface area contributed by atoms with Gasteiger partial charge in [0.15, 0.2) is 11.6 Å². The smallest absolute Gasteiger partial charge is 0.254 e. The molecule has 0 radical (unpaired) electrons. The summed E-state index contributed by atoms with van der Waals surface area (Å²) in [5.41, 5.74) is 15.2. The number of nitrogens with two attached hydrogens (primary N) is 1. The second-order valence-corrected chi connectivity index (χ2v) is 22.1. The molecule has 2 amide bonds. The fraction of sp³-hybridized carbons (Fsp3) is 0.414. The highest BCUT2D eigenvalue weighted by atomic mass is 32.1. The van der Waals surface area contributed by atoms with Crippen molar-refractivity contribution in [3.8, 4) is 45.0 Å². The number of β-amino-alcohol motifs (C(OH)–C–C–N with tert-alkyl or cyclic N) is 1. The number of nitrogens with one attached hydrogen (secondary N) is 1. The summed E-state index contributed by atoms with van der Waals surface area (Å²) < 4.78 is 24.3. The molecule has 1 unspecified atom stereocenters. The van der Waals surface area contributed by atoms with Gasteiger partial charge >= 0.3 is 0 Å². The molecule has 11 rings (SSSR count). The second-order valence-electron chi connectivity index (χ2n) is 21.3. The van der Waals surface area contributed by atoms with E-state index in [1.165, 1.54) is 4.90 Å². The number of nitrogens with zero attached hydrogens (tertiary/aromatic N) is 9. The Hall–Kier alpha value is -7.84. The molecule has 3 aliphatic heterocycles. The molecule has 4 aliphatic rings. The number of anilines is 3. The zero-order valence-electron chi connectivity index (χ0n) is 44.1. The molecule has 5 N–H and O–H groups in total. The Balaban J connectivity index is 0.611. The van der Waals surface area contributed by atoms with Gasteiger partial charge in [0.25, 0.3) is 5.88 Å². The van der Waals surface area contributed by atoms with E-state index in [0.717, 1.165) is 77.5 Å². The number of carbonyl (C=O) groups is 2. The molecule has 19 nitrogen and oxygen atoms in total. The first kappa shape index (κ1) is 52.2. The van der Waals surface area contributed by atoms with Crippen LogP contribution in [0.1, 0.15) is 94.0 Å². The lowest BCUT2D eigenvalue weighted by Gasteiger charge is -2.43. The fourth-order valence-corrected chi connectivity index (χ4v) is 12.2. The van der Waals surface area contributed by atoms with Gasteiger partial charge in [0.05, 0.1) is 52.4 Å². The van der Waals surface area contributed by atoms with Gasteiger partial charge < -0.3 is 54.7 Å². The number of aliphatic hydroxyl groups is 1. The minimum atomic E-state index is -0.841. The lowest BCUT2D eigenvalue weighted by Crippen LogP contribution is -2.54. The van der Waals surface area contributed by atoms with E-state index in [-0.39, 0.29) is 72.7 Å². The number of pyridine rings is 2. The van der Waals surface area contributed by atoms with Crippen molar-refractivity contribution in [2.24, 2.45) is 5.92 Å². The number of fused-ring (bicyclic) bond motifs is 2. The summed E-state index contributed by atoms with van der Waals surface area (Å²) in [6, 6.07) is 26.1. The standard InChI is InChI=1S/C58H65N11O8S/c1-33(2)54(58(73)68-31-42(70)23-49(68)57(72)63-34(3)36-11-13-37(14-12-36)55-35(4)62-32-78-55)51-27-53(66-77-51)74-21-7-8-38-15-18-43(28-61-38)75-44-24-45(25-44)76-52-22-39(19-20-60-52)69-40-16-17-41(69)30-67(29-40)48-26-47(64-65-56(48)59)46-9-5-6-10-50(46)71/h5-6,9-15,18-20,22,26-28,32-34,40-42,44-45,49,54,70-71H,7-8,16-17,21,23-25,29-31H2,1-4H3,(H2,59,65)(H,63,72)/t34-,40+,41?,42+,44?,45?,49-,54+/m0/s1. The molecule has 78 heavy (non-hydrogen) atoms. The molecule has 20 heteroatoms. The summed E-state index contributed by atoms with van der Waals surface area (Å²) in [6.07, 6.45) is 7.77. The summed E-state index contributed by atoms with van der Waals surface area (Å²) in [7, 11) is 0. The molecule has 4 fully saturated rings. The van der Waals surface area contributed by atoms with Crippen molar-refractivity contribution in [3.63, 3.8) is 0 Å². The maximum absolute atomic E-state index is 14.2. The molecule has 406 valence electrons. The first-order chi connectivity index (χ1) is 37.8. The summed E-state index contributed by atoms with van der Waals surface area (Å²) in [5.74, 6) is 0.859. The van der Waals surface area contributed by atoms with Crippen molar-refractivity contribution in [2.75, 3.05) is 41.8 Å². The number of piperazine rings is 1. The number of ether oxygens (including phenoxy) is 3. The van der Waals surface area contributed by atoms with Crippen LogP contribution >= 0.6 is 11.3 Å². The normalized spacial score (nSPS) is 21.5. The maximum Gasteiger partial charge on any atom is 0.254 e. The monoisotopic (exact) mass is 1080 g/mol. The van der Waals surface area contributed by atoms with E-state index in [4.69, 9.17) is 24.5 Å². The molecular weight excluding hydrogens is 1010 g/mol. The Kier molecular flexibility index (Phi) is 15.2. The first-order valence-corrected chi connectivity index (χ1v) is 27.8. The number of carbonyl (C=O) groups excluding carboxylic acids is 2. The number of hydrogen-bond donors (Lipinski definition) is 4. The van der Waals surface area contributed by atoms with Crippen molar-refractivity contribution >= 4 is 40.3 Å². The Morgan fingerprint density at radius 1 is 0.885 bits per heavy atom. The minimum absolute atomic E-state index is 0.00784. The third-order valence-corrected chi connectivity index (χ3v) is 16.5. The molecule has 2 bridgehead atoms. The van der Waals surface area contributed by atoms with Crippen LogP contribution in [0.2, 0.25) is 0 Å². The van der Waals surface area contributed by atoms with Gasteiger partial charge in [-0.05, 0) is 98.1 Å². The zero-order chi connectivity index (χ0) is 54.0. The Morgan fingerprint density at radius 2 is 1.67 bits per heavy atom. The minimum Gasteiger partial charge on any atom is -0.507 e. The number of phenols is 1. The molecule has 8 heterocycles. The van der Waals surface area contributed by atoms with E-state index in [9.17, 15) is 19.8 Å². The van der Waals surface area contributed by atoms with E-state index in [0.29, 0.717) is 53.9 Å². The van der Waals surface area contributed by atoms with Crippen LogP contribution < -0.4 is 35.1 Å². The van der Waals surface area contributed by atoms with Gasteiger partial charge in [0, 0.05) is 86.3 Å². The second kappa shape index (κ2) is 22.6. The third kappa shape index (κ3) is 11.3. The Labute approximate surface area is 456 Å². The van der Waals surface area contributed by atoms with Crippen molar-refractivity contribution < 1.29 is 38.5 Å². The predicted octanol–water partition coefficient (Wildman–Crippen LogP) is 8.08. The van der Waals surface area contributed by atoms with Crippen LogP contribution in [0.15, 0.2) is 107 Å². The molecule has 6 atom stereocenters. The first-order valence-electron chi connectivity index (χ1n) is 26.9.